The molecule has 1 aliphatic rings. The summed E-state index contributed by atoms with van der Waals surface area (Å²) in [6, 6.07) is 10.3. The molecule has 1 unspecified atom stereocenters. The van der Waals surface area contributed by atoms with E-state index in [9.17, 15) is 4.79 Å². The van der Waals surface area contributed by atoms with Crippen LogP contribution in [0.2, 0.25) is 0 Å². The summed E-state index contributed by atoms with van der Waals surface area (Å²) in [5, 5.41) is 3.18. The van der Waals surface area contributed by atoms with Crippen LogP contribution >= 0.6 is 23.5 Å². The predicted molar refractivity (Wildman–Crippen MR) is 76.7 cm³/mol. The van der Waals surface area contributed by atoms with Gasteiger partial charge in [0.25, 0.3) is 0 Å². The number of carbonyl (C=O) groups excluding carboxylic acids is 1. The molecule has 1 aromatic rings. The molecule has 0 bridgehead atoms. The van der Waals surface area contributed by atoms with E-state index in [0.29, 0.717) is 0 Å². The average Bonchev–Trinajstić information content (AvgIpc) is 2.41. The summed E-state index contributed by atoms with van der Waals surface area (Å²) in [6.07, 6.45) is 0.914. The second-order valence-electron chi connectivity index (χ2n) is 3.96. The van der Waals surface area contributed by atoms with Crippen LogP contribution < -0.4 is 5.32 Å². The molecule has 0 saturated carbocycles. The molecule has 0 spiro atoms. The third-order valence-corrected chi connectivity index (χ3v) is 5.42. The molecule has 0 aromatic heterocycles. The Bertz CT molecular complexity index is 350. The molecule has 1 heterocycles. The lowest BCUT2D eigenvalue weighted by atomic mass is 10.1. The second kappa shape index (κ2) is 6.97. The third-order valence-electron chi connectivity index (χ3n) is 2.66. The zero-order valence-corrected chi connectivity index (χ0v) is 11.4. The number of rotatable bonds is 4. The van der Waals surface area contributed by atoms with Crippen molar-refractivity contribution in [3.8, 4) is 0 Å². The summed E-state index contributed by atoms with van der Waals surface area (Å²) in [5.41, 5.74) is 1.28. The zero-order chi connectivity index (χ0) is 11.9. The van der Waals surface area contributed by atoms with E-state index in [1.165, 1.54) is 11.3 Å². The average molecular weight is 267 g/mol. The number of carbonyl (C=O) groups is 1. The van der Waals surface area contributed by atoms with Gasteiger partial charge < -0.3 is 5.32 Å². The highest BCUT2D eigenvalue weighted by Crippen LogP contribution is 2.23. The van der Waals surface area contributed by atoms with Crippen molar-refractivity contribution in [2.45, 2.75) is 11.7 Å². The molecule has 1 aliphatic heterocycles. The van der Waals surface area contributed by atoms with E-state index in [1.807, 2.05) is 30.0 Å². The quantitative estimate of drug-likeness (QED) is 0.907. The fraction of sp³-hybridized carbons (Fsp3) is 0.462. The van der Waals surface area contributed by atoms with Crippen LogP contribution in [0, 0.1) is 0 Å². The normalized spacial score (nSPS) is 19.9. The maximum atomic E-state index is 11.8. The van der Waals surface area contributed by atoms with E-state index in [1.54, 1.807) is 11.8 Å². The molecule has 1 saturated heterocycles. The summed E-state index contributed by atoms with van der Waals surface area (Å²) in [4.78, 5) is 11.8. The Hall–Kier alpha value is -0.610. The molecule has 92 valence electrons. The highest BCUT2D eigenvalue weighted by molar-refractivity contribution is 8.07. The Kier molecular flexibility index (Phi) is 5.26. The molecule has 1 fully saturated rings. The van der Waals surface area contributed by atoms with Gasteiger partial charge in [-0.3, -0.25) is 4.79 Å². The zero-order valence-electron chi connectivity index (χ0n) is 9.72. The molecule has 17 heavy (non-hydrogen) atoms. The summed E-state index contributed by atoms with van der Waals surface area (Å²) in [7, 11) is 0. The molecule has 1 atom stereocenters. The van der Waals surface area contributed by atoms with Crippen molar-refractivity contribution >= 4 is 29.4 Å². The Morgan fingerprint density at radius 2 is 2.12 bits per heavy atom. The van der Waals surface area contributed by atoms with Crippen molar-refractivity contribution in [2.75, 3.05) is 23.8 Å². The van der Waals surface area contributed by atoms with Gasteiger partial charge in [-0.2, -0.15) is 11.8 Å². The van der Waals surface area contributed by atoms with E-state index in [2.05, 4.69) is 17.4 Å². The Balaban J connectivity index is 1.69. The number of amides is 1. The van der Waals surface area contributed by atoms with Crippen LogP contribution in [-0.2, 0) is 11.2 Å². The molecular weight excluding hydrogens is 250 g/mol. The van der Waals surface area contributed by atoms with Gasteiger partial charge in [-0.05, 0) is 12.0 Å². The van der Waals surface area contributed by atoms with Crippen LogP contribution in [0.4, 0.5) is 0 Å². The van der Waals surface area contributed by atoms with Crippen molar-refractivity contribution < 1.29 is 4.79 Å². The van der Waals surface area contributed by atoms with Crippen LogP contribution in [0.25, 0.3) is 0 Å². The second-order valence-corrected chi connectivity index (χ2v) is 6.42. The summed E-state index contributed by atoms with van der Waals surface area (Å²) >= 11 is 3.66. The molecule has 2 rings (SSSR count). The van der Waals surface area contributed by atoms with Crippen LogP contribution in [-0.4, -0.2) is 35.0 Å². The Labute approximate surface area is 111 Å². The Morgan fingerprint density at radius 3 is 2.82 bits per heavy atom. The largest absolute Gasteiger partial charge is 0.355 e. The smallest absolute Gasteiger partial charge is 0.233 e. The van der Waals surface area contributed by atoms with Crippen LogP contribution in [0.5, 0.6) is 0 Å². The van der Waals surface area contributed by atoms with Crippen molar-refractivity contribution in [2.24, 2.45) is 0 Å². The first kappa shape index (κ1) is 12.8. The van der Waals surface area contributed by atoms with E-state index < -0.39 is 0 Å². The Morgan fingerprint density at radius 1 is 1.29 bits per heavy atom. The van der Waals surface area contributed by atoms with E-state index in [0.717, 1.165) is 24.5 Å². The molecule has 0 radical (unpaired) electrons. The van der Waals surface area contributed by atoms with Gasteiger partial charge in [0.05, 0.1) is 5.25 Å². The predicted octanol–water partition coefficient (Wildman–Crippen LogP) is 2.19. The standard InChI is InChI=1S/C13H17NOS2/c15-13(12-10-16-8-9-17-12)14-7-6-11-4-2-1-3-5-11/h1-5,12H,6-10H2,(H,14,15). The number of hydrogen-bond donors (Lipinski definition) is 1. The van der Waals surface area contributed by atoms with Crippen molar-refractivity contribution in [3.63, 3.8) is 0 Å². The van der Waals surface area contributed by atoms with Gasteiger partial charge in [0.15, 0.2) is 0 Å². The maximum Gasteiger partial charge on any atom is 0.233 e. The highest BCUT2D eigenvalue weighted by atomic mass is 32.2. The number of thioether (sulfide) groups is 2. The van der Waals surface area contributed by atoms with Crippen molar-refractivity contribution in [1.29, 1.82) is 0 Å². The maximum absolute atomic E-state index is 11.8. The first-order valence-corrected chi connectivity index (χ1v) is 8.07. The minimum atomic E-state index is 0.157. The topological polar surface area (TPSA) is 29.1 Å². The first-order chi connectivity index (χ1) is 8.36. The van der Waals surface area contributed by atoms with Crippen molar-refractivity contribution in [3.05, 3.63) is 35.9 Å². The molecule has 4 heteroatoms. The number of benzene rings is 1. The van der Waals surface area contributed by atoms with E-state index in [-0.39, 0.29) is 11.2 Å². The fourth-order valence-electron chi connectivity index (χ4n) is 1.73. The van der Waals surface area contributed by atoms with E-state index >= 15 is 0 Å². The fourth-order valence-corrected chi connectivity index (χ4v) is 4.31. The lowest BCUT2D eigenvalue weighted by molar-refractivity contribution is -0.120. The minimum Gasteiger partial charge on any atom is -0.355 e. The minimum absolute atomic E-state index is 0.157. The molecule has 1 aromatic carbocycles. The van der Waals surface area contributed by atoms with Crippen molar-refractivity contribution in [1.82, 2.24) is 5.32 Å². The van der Waals surface area contributed by atoms with Gasteiger partial charge in [0.2, 0.25) is 5.91 Å². The van der Waals surface area contributed by atoms with Gasteiger partial charge in [-0.15, -0.1) is 11.8 Å². The summed E-state index contributed by atoms with van der Waals surface area (Å²) in [6.45, 7) is 0.741. The number of nitrogens with one attached hydrogen (secondary N) is 1. The lowest BCUT2D eigenvalue weighted by Crippen LogP contribution is -2.37. The van der Waals surface area contributed by atoms with Crippen LogP contribution in [0.3, 0.4) is 0 Å². The number of hydrogen-bond acceptors (Lipinski definition) is 3. The monoisotopic (exact) mass is 267 g/mol. The highest BCUT2D eigenvalue weighted by Gasteiger charge is 2.21. The molecule has 1 N–H and O–H groups in total. The van der Waals surface area contributed by atoms with Gasteiger partial charge in [-0.25, -0.2) is 0 Å². The first-order valence-electron chi connectivity index (χ1n) is 5.87. The molecular formula is C13H17NOS2. The summed E-state index contributed by atoms with van der Waals surface area (Å²) in [5.74, 6) is 3.44. The van der Waals surface area contributed by atoms with Gasteiger partial charge >= 0.3 is 0 Å². The summed E-state index contributed by atoms with van der Waals surface area (Å²) < 4.78 is 0. The van der Waals surface area contributed by atoms with Gasteiger partial charge in [-0.1, -0.05) is 30.3 Å². The van der Waals surface area contributed by atoms with Crippen LogP contribution in [0.15, 0.2) is 30.3 Å². The van der Waals surface area contributed by atoms with E-state index in [4.69, 9.17) is 0 Å². The molecule has 1 amide bonds. The molecule has 2 nitrogen and oxygen atoms in total. The lowest BCUT2D eigenvalue weighted by Gasteiger charge is -2.20. The SMILES string of the molecule is O=C(NCCc1ccccc1)C1CSCCS1. The van der Waals surface area contributed by atoms with Crippen LogP contribution in [0.1, 0.15) is 5.56 Å². The van der Waals surface area contributed by atoms with Gasteiger partial charge in [0.1, 0.15) is 0 Å². The van der Waals surface area contributed by atoms with Gasteiger partial charge in [0, 0.05) is 23.8 Å². The molecule has 0 aliphatic carbocycles. The third kappa shape index (κ3) is 4.28.